The largest absolute Gasteiger partial charge is 0.493 e. The molecule has 1 aromatic carbocycles. The molecule has 0 aliphatic carbocycles. The van der Waals surface area contributed by atoms with Crippen molar-refractivity contribution in [1.82, 2.24) is 0 Å². The van der Waals surface area contributed by atoms with Crippen LogP contribution in [0.25, 0.3) is 0 Å². The fourth-order valence-electron chi connectivity index (χ4n) is 1.31. The Bertz CT molecular complexity index is 423. The zero-order chi connectivity index (χ0) is 13.7. The van der Waals surface area contributed by atoms with E-state index >= 15 is 0 Å². The number of hydrogen-bond donors (Lipinski definition) is 0. The van der Waals surface area contributed by atoms with Crippen LogP contribution < -0.4 is 18.9 Å². The highest BCUT2D eigenvalue weighted by Gasteiger charge is 2.16. The summed E-state index contributed by atoms with van der Waals surface area (Å²) in [5.41, 5.74) is 0. The van der Waals surface area contributed by atoms with Gasteiger partial charge in [-0.25, -0.2) is 0 Å². The second kappa shape index (κ2) is 5.90. The normalized spacial score (nSPS) is 9.56. The summed E-state index contributed by atoms with van der Waals surface area (Å²) in [5, 5.41) is 0. The molecule has 0 N–H and O–H groups in total. The third-order valence-electron chi connectivity index (χ3n) is 1.96. The first kappa shape index (κ1) is 13.8. The molecule has 6 heteroatoms. The second-order valence-electron chi connectivity index (χ2n) is 3.34. The standard InChI is InChI=1S/C12H14O6/c1-7(13)17-11-5-9(15-3)10(16-4)6-12(11)18-8(2)14/h5-6H,1-4H3. The topological polar surface area (TPSA) is 71.1 Å². The van der Waals surface area contributed by atoms with E-state index in [2.05, 4.69) is 0 Å². The van der Waals surface area contributed by atoms with Crippen molar-refractivity contribution >= 4 is 11.9 Å². The van der Waals surface area contributed by atoms with E-state index in [1.807, 2.05) is 0 Å². The van der Waals surface area contributed by atoms with Crippen LogP contribution in [0.2, 0.25) is 0 Å². The van der Waals surface area contributed by atoms with Gasteiger partial charge in [0.05, 0.1) is 14.2 Å². The van der Waals surface area contributed by atoms with E-state index in [1.54, 1.807) is 0 Å². The molecule has 0 radical (unpaired) electrons. The Balaban J connectivity index is 3.25. The van der Waals surface area contributed by atoms with Crippen molar-refractivity contribution in [3.8, 4) is 23.0 Å². The molecule has 0 amide bonds. The van der Waals surface area contributed by atoms with Gasteiger partial charge in [-0.2, -0.15) is 0 Å². The number of ether oxygens (including phenoxy) is 4. The highest BCUT2D eigenvalue weighted by atomic mass is 16.6. The van der Waals surface area contributed by atoms with Crippen LogP contribution >= 0.6 is 0 Å². The summed E-state index contributed by atoms with van der Waals surface area (Å²) in [5.74, 6) is -0.147. The molecule has 1 aromatic rings. The minimum absolute atomic E-state index is 0.0929. The van der Waals surface area contributed by atoms with E-state index in [1.165, 1.54) is 40.2 Å². The fraction of sp³-hybridized carbons (Fsp3) is 0.333. The molecule has 0 aliphatic rings. The average molecular weight is 254 g/mol. The molecule has 0 saturated carbocycles. The van der Waals surface area contributed by atoms with Crippen molar-refractivity contribution in [1.29, 1.82) is 0 Å². The van der Waals surface area contributed by atoms with Gasteiger partial charge in [0.15, 0.2) is 23.0 Å². The second-order valence-corrected chi connectivity index (χ2v) is 3.34. The first-order valence-electron chi connectivity index (χ1n) is 5.10. The van der Waals surface area contributed by atoms with Gasteiger partial charge >= 0.3 is 11.9 Å². The zero-order valence-electron chi connectivity index (χ0n) is 10.6. The van der Waals surface area contributed by atoms with Crippen LogP contribution in [0, 0.1) is 0 Å². The summed E-state index contributed by atoms with van der Waals surface area (Å²) in [6.07, 6.45) is 0. The van der Waals surface area contributed by atoms with Crippen LogP contribution in [0.1, 0.15) is 13.8 Å². The molecule has 0 saturated heterocycles. The summed E-state index contributed by atoms with van der Waals surface area (Å²) in [4.78, 5) is 21.9. The number of methoxy groups -OCH3 is 2. The Morgan fingerprint density at radius 2 is 1.11 bits per heavy atom. The highest BCUT2D eigenvalue weighted by Crippen LogP contribution is 2.39. The van der Waals surface area contributed by atoms with Gasteiger partial charge in [-0.1, -0.05) is 0 Å². The number of carbonyl (C=O) groups excluding carboxylic acids is 2. The number of esters is 2. The molecule has 0 aliphatic heterocycles. The zero-order valence-corrected chi connectivity index (χ0v) is 10.6. The van der Waals surface area contributed by atoms with Crippen molar-refractivity contribution in [3.05, 3.63) is 12.1 Å². The van der Waals surface area contributed by atoms with E-state index in [9.17, 15) is 9.59 Å². The third kappa shape index (κ3) is 3.38. The molecule has 0 spiro atoms. The summed E-state index contributed by atoms with van der Waals surface area (Å²) in [6, 6.07) is 2.83. The van der Waals surface area contributed by atoms with Gasteiger partial charge in [0, 0.05) is 26.0 Å². The Labute approximate surface area is 104 Å². The number of rotatable bonds is 4. The van der Waals surface area contributed by atoms with Crippen molar-refractivity contribution in [3.63, 3.8) is 0 Å². The van der Waals surface area contributed by atoms with Gasteiger partial charge in [0.2, 0.25) is 0 Å². The molecule has 0 fully saturated rings. The smallest absolute Gasteiger partial charge is 0.308 e. The molecule has 6 nitrogen and oxygen atoms in total. The van der Waals surface area contributed by atoms with Crippen LogP contribution in [0.4, 0.5) is 0 Å². The maximum absolute atomic E-state index is 11.0. The Hall–Kier alpha value is -2.24. The van der Waals surface area contributed by atoms with Gasteiger partial charge in [0.25, 0.3) is 0 Å². The van der Waals surface area contributed by atoms with Crippen molar-refractivity contribution < 1.29 is 28.5 Å². The summed E-state index contributed by atoms with van der Waals surface area (Å²) < 4.78 is 20.0. The lowest BCUT2D eigenvalue weighted by atomic mass is 10.2. The summed E-state index contributed by atoms with van der Waals surface area (Å²) >= 11 is 0. The molecule has 98 valence electrons. The van der Waals surface area contributed by atoms with Gasteiger partial charge in [-0.3, -0.25) is 9.59 Å². The predicted molar refractivity (Wildman–Crippen MR) is 62.2 cm³/mol. The molecule has 0 unspecified atom stereocenters. The molecule has 0 aromatic heterocycles. The molecule has 0 atom stereocenters. The maximum atomic E-state index is 11.0. The Morgan fingerprint density at radius 3 is 1.33 bits per heavy atom. The van der Waals surface area contributed by atoms with Crippen LogP contribution in [0.15, 0.2) is 12.1 Å². The van der Waals surface area contributed by atoms with Crippen LogP contribution in [-0.4, -0.2) is 26.2 Å². The van der Waals surface area contributed by atoms with E-state index in [0.717, 1.165) is 0 Å². The van der Waals surface area contributed by atoms with E-state index in [4.69, 9.17) is 18.9 Å². The minimum Gasteiger partial charge on any atom is -0.493 e. The van der Waals surface area contributed by atoms with Crippen LogP contribution in [-0.2, 0) is 9.59 Å². The molecule has 1 rings (SSSR count). The Morgan fingerprint density at radius 1 is 0.778 bits per heavy atom. The average Bonchev–Trinajstić information content (AvgIpc) is 2.29. The van der Waals surface area contributed by atoms with Crippen LogP contribution in [0.3, 0.4) is 0 Å². The quantitative estimate of drug-likeness (QED) is 0.599. The number of carbonyl (C=O) groups is 2. The van der Waals surface area contributed by atoms with Gasteiger partial charge in [0.1, 0.15) is 0 Å². The molecule has 0 heterocycles. The lowest BCUT2D eigenvalue weighted by Gasteiger charge is -2.13. The number of hydrogen-bond acceptors (Lipinski definition) is 6. The van der Waals surface area contributed by atoms with Gasteiger partial charge < -0.3 is 18.9 Å². The number of benzene rings is 1. The Kier molecular flexibility index (Phi) is 4.53. The van der Waals surface area contributed by atoms with E-state index in [0.29, 0.717) is 11.5 Å². The summed E-state index contributed by atoms with van der Waals surface area (Å²) in [6.45, 7) is 2.49. The predicted octanol–water partition coefficient (Wildman–Crippen LogP) is 1.55. The lowest BCUT2D eigenvalue weighted by Crippen LogP contribution is -2.07. The van der Waals surface area contributed by atoms with E-state index < -0.39 is 11.9 Å². The molecular weight excluding hydrogens is 240 g/mol. The van der Waals surface area contributed by atoms with Gasteiger partial charge in [-0.05, 0) is 0 Å². The lowest BCUT2D eigenvalue weighted by molar-refractivity contribution is -0.134. The summed E-state index contributed by atoms with van der Waals surface area (Å²) in [7, 11) is 2.89. The third-order valence-corrected chi connectivity index (χ3v) is 1.96. The monoisotopic (exact) mass is 254 g/mol. The van der Waals surface area contributed by atoms with Crippen molar-refractivity contribution in [2.24, 2.45) is 0 Å². The highest BCUT2D eigenvalue weighted by molar-refractivity contribution is 5.74. The molecule has 0 bridgehead atoms. The fourth-order valence-corrected chi connectivity index (χ4v) is 1.31. The SMILES string of the molecule is COc1cc(OC(C)=O)c(OC(C)=O)cc1OC. The van der Waals surface area contributed by atoms with Crippen molar-refractivity contribution in [2.75, 3.05) is 14.2 Å². The minimum atomic E-state index is -0.532. The molecular formula is C12H14O6. The molecule has 18 heavy (non-hydrogen) atoms. The van der Waals surface area contributed by atoms with E-state index in [-0.39, 0.29) is 11.5 Å². The maximum Gasteiger partial charge on any atom is 0.308 e. The van der Waals surface area contributed by atoms with Crippen molar-refractivity contribution in [2.45, 2.75) is 13.8 Å². The first-order chi connectivity index (χ1) is 8.47. The first-order valence-corrected chi connectivity index (χ1v) is 5.10. The van der Waals surface area contributed by atoms with Gasteiger partial charge in [-0.15, -0.1) is 0 Å². The van der Waals surface area contributed by atoms with Crippen LogP contribution in [0.5, 0.6) is 23.0 Å².